The lowest BCUT2D eigenvalue weighted by atomic mass is 9.93. The molecule has 2 amide bonds. The van der Waals surface area contributed by atoms with Crippen LogP contribution in [-0.2, 0) is 9.47 Å². The molecule has 7 nitrogen and oxygen atoms in total. The first-order chi connectivity index (χ1) is 12.4. The van der Waals surface area contributed by atoms with E-state index in [0.29, 0.717) is 5.82 Å². The van der Waals surface area contributed by atoms with Crippen molar-refractivity contribution in [1.82, 2.24) is 14.9 Å². The third kappa shape index (κ3) is 5.69. The molecule has 0 aromatic carbocycles. The smallest absolute Gasteiger partial charge is 0.420 e. The summed E-state index contributed by atoms with van der Waals surface area (Å²) in [5.74, 6) is 0.217. The largest absolute Gasteiger partial charge is 0.443 e. The molecule has 0 saturated heterocycles. The molecule has 2 atom stereocenters. The van der Waals surface area contributed by atoms with Crippen molar-refractivity contribution in [3.8, 4) is 0 Å². The number of nitrogens with zero attached hydrogens (tertiary/aromatic N) is 2. The zero-order chi connectivity index (χ0) is 20.4. The lowest BCUT2D eigenvalue weighted by molar-refractivity contribution is -0.00487. The van der Waals surface area contributed by atoms with E-state index in [1.807, 2.05) is 6.08 Å². The van der Waals surface area contributed by atoms with Crippen molar-refractivity contribution < 1.29 is 19.1 Å². The fraction of sp³-hybridized carbons (Fsp3) is 0.526. The van der Waals surface area contributed by atoms with E-state index in [0.717, 1.165) is 9.38 Å². The standard InChI is InChI=1S/C19H26BrN3O4/c1-18(2,3)26-16(24)23(17(25)27-19(4,5)6)13-9-7-8-12(20)14(13)15-21-10-11-22-15/h7-11,13-14H,1-6H3,(H,21,22). The molecule has 0 fully saturated rings. The molecule has 2 rings (SSSR count). The van der Waals surface area contributed by atoms with Gasteiger partial charge in [0.25, 0.3) is 0 Å². The van der Waals surface area contributed by atoms with Crippen LogP contribution in [0.2, 0.25) is 0 Å². The van der Waals surface area contributed by atoms with Gasteiger partial charge in [0, 0.05) is 16.9 Å². The Morgan fingerprint density at radius 2 is 1.67 bits per heavy atom. The van der Waals surface area contributed by atoms with Gasteiger partial charge >= 0.3 is 12.2 Å². The predicted octanol–water partition coefficient (Wildman–Crippen LogP) is 4.88. The van der Waals surface area contributed by atoms with Gasteiger partial charge in [-0.15, -0.1) is 0 Å². The molecule has 1 aliphatic carbocycles. The van der Waals surface area contributed by atoms with Gasteiger partial charge in [0.1, 0.15) is 17.0 Å². The van der Waals surface area contributed by atoms with E-state index in [-0.39, 0.29) is 0 Å². The molecule has 0 bridgehead atoms. The van der Waals surface area contributed by atoms with Gasteiger partial charge in [-0.1, -0.05) is 34.2 Å². The quantitative estimate of drug-likeness (QED) is 0.709. The van der Waals surface area contributed by atoms with Crippen LogP contribution in [0.1, 0.15) is 53.3 Å². The number of imidazole rings is 1. The van der Waals surface area contributed by atoms with Crippen LogP contribution in [0, 0.1) is 0 Å². The Hall–Kier alpha value is -2.09. The maximum Gasteiger partial charge on any atom is 0.420 e. The number of carbonyl (C=O) groups is 2. The number of aromatic nitrogens is 2. The van der Waals surface area contributed by atoms with E-state index >= 15 is 0 Å². The number of allylic oxidation sites excluding steroid dienone is 2. The minimum absolute atomic E-state index is 0.398. The minimum Gasteiger partial charge on any atom is -0.443 e. The summed E-state index contributed by atoms with van der Waals surface area (Å²) >= 11 is 3.52. The lowest BCUT2D eigenvalue weighted by Crippen LogP contribution is -2.51. The van der Waals surface area contributed by atoms with Crippen LogP contribution in [-0.4, -0.2) is 44.3 Å². The molecule has 1 heterocycles. The summed E-state index contributed by atoms with van der Waals surface area (Å²) in [6.07, 6.45) is 7.15. The zero-order valence-corrected chi connectivity index (χ0v) is 18.0. The molecule has 0 spiro atoms. The van der Waals surface area contributed by atoms with Crippen LogP contribution < -0.4 is 0 Å². The van der Waals surface area contributed by atoms with Crippen molar-refractivity contribution in [2.45, 2.75) is 64.7 Å². The first-order valence-electron chi connectivity index (χ1n) is 8.67. The third-order valence-electron chi connectivity index (χ3n) is 3.49. The monoisotopic (exact) mass is 439 g/mol. The second-order valence-electron chi connectivity index (χ2n) is 8.21. The summed E-state index contributed by atoms with van der Waals surface area (Å²) in [7, 11) is 0. The van der Waals surface area contributed by atoms with Crippen molar-refractivity contribution in [3.63, 3.8) is 0 Å². The predicted molar refractivity (Wildman–Crippen MR) is 106 cm³/mol. The number of ether oxygens (including phenoxy) is 2. The second kappa shape index (κ2) is 7.88. The van der Waals surface area contributed by atoms with Crippen LogP contribution in [0.25, 0.3) is 0 Å². The summed E-state index contributed by atoms with van der Waals surface area (Å²) in [5.41, 5.74) is -1.52. The van der Waals surface area contributed by atoms with E-state index in [4.69, 9.17) is 9.47 Å². The maximum absolute atomic E-state index is 12.9. The Bertz CT molecular complexity index is 714. The lowest BCUT2D eigenvalue weighted by Gasteiger charge is -2.36. The number of imide groups is 1. The van der Waals surface area contributed by atoms with Crippen LogP contribution >= 0.6 is 15.9 Å². The highest BCUT2D eigenvalue weighted by molar-refractivity contribution is 9.11. The summed E-state index contributed by atoms with van der Waals surface area (Å²) in [4.78, 5) is 34.2. The fourth-order valence-corrected chi connectivity index (χ4v) is 3.19. The van der Waals surface area contributed by atoms with Crippen molar-refractivity contribution >= 4 is 28.1 Å². The summed E-state index contributed by atoms with van der Waals surface area (Å²) < 4.78 is 11.7. The second-order valence-corrected chi connectivity index (χ2v) is 9.13. The van der Waals surface area contributed by atoms with Crippen molar-refractivity contribution in [1.29, 1.82) is 0 Å². The Morgan fingerprint density at radius 3 is 2.11 bits per heavy atom. The number of hydrogen-bond acceptors (Lipinski definition) is 5. The van der Waals surface area contributed by atoms with Crippen LogP contribution in [0.3, 0.4) is 0 Å². The van der Waals surface area contributed by atoms with Crippen LogP contribution in [0.4, 0.5) is 9.59 Å². The third-order valence-corrected chi connectivity index (χ3v) is 4.25. The minimum atomic E-state index is -0.773. The molecule has 2 unspecified atom stereocenters. The molecule has 0 saturated carbocycles. The topological polar surface area (TPSA) is 84.5 Å². The Kier molecular flexibility index (Phi) is 6.19. The number of nitrogens with one attached hydrogen (secondary N) is 1. The molecule has 1 aliphatic rings. The number of rotatable bonds is 2. The SMILES string of the molecule is CC(C)(C)OC(=O)N(C(=O)OC(C)(C)C)C1C=CC=C(Br)C1c1ncc[nH]1. The number of hydrogen-bond donors (Lipinski definition) is 1. The van der Waals surface area contributed by atoms with Crippen molar-refractivity contribution in [2.24, 2.45) is 0 Å². The molecule has 1 N–H and O–H groups in total. The normalized spacial score (nSPS) is 20.0. The highest BCUT2D eigenvalue weighted by Gasteiger charge is 2.42. The molecular weight excluding hydrogens is 414 g/mol. The van der Waals surface area contributed by atoms with Gasteiger partial charge in [0.15, 0.2) is 0 Å². The van der Waals surface area contributed by atoms with E-state index in [2.05, 4.69) is 25.9 Å². The number of H-pyrrole nitrogens is 1. The molecule has 1 aromatic heterocycles. The number of halogens is 1. The van der Waals surface area contributed by atoms with E-state index < -0.39 is 35.3 Å². The average molecular weight is 440 g/mol. The number of aromatic amines is 1. The van der Waals surface area contributed by atoms with Crippen molar-refractivity contribution in [3.05, 3.63) is 40.9 Å². The molecule has 0 radical (unpaired) electrons. The van der Waals surface area contributed by atoms with Crippen LogP contribution in [0.5, 0.6) is 0 Å². The van der Waals surface area contributed by atoms with E-state index in [1.165, 1.54) is 0 Å². The number of carbonyl (C=O) groups excluding carboxylic acids is 2. The van der Waals surface area contributed by atoms with Gasteiger partial charge in [-0.3, -0.25) is 0 Å². The van der Waals surface area contributed by atoms with E-state index in [1.54, 1.807) is 66.1 Å². The average Bonchev–Trinajstić information content (AvgIpc) is 2.97. The zero-order valence-electron chi connectivity index (χ0n) is 16.4. The van der Waals surface area contributed by atoms with E-state index in [9.17, 15) is 9.59 Å². The van der Waals surface area contributed by atoms with Gasteiger partial charge < -0.3 is 14.5 Å². The number of amides is 2. The molecule has 0 aliphatic heterocycles. The molecule has 1 aromatic rings. The van der Waals surface area contributed by atoms with Gasteiger partial charge in [0.2, 0.25) is 0 Å². The van der Waals surface area contributed by atoms with Gasteiger partial charge in [0.05, 0.1) is 12.0 Å². The van der Waals surface area contributed by atoms with Crippen LogP contribution in [0.15, 0.2) is 35.1 Å². The van der Waals surface area contributed by atoms with Gasteiger partial charge in [-0.2, -0.15) is 0 Å². The fourth-order valence-electron chi connectivity index (χ4n) is 2.55. The molecule has 8 heteroatoms. The van der Waals surface area contributed by atoms with Crippen molar-refractivity contribution in [2.75, 3.05) is 0 Å². The molecule has 27 heavy (non-hydrogen) atoms. The first-order valence-corrected chi connectivity index (χ1v) is 9.47. The maximum atomic E-state index is 12.9. The highest BCUT2D eigenvalue weighted by atomic mass is 79.9. The first kappa shape index (κ1) is 21.2. The Labute approximate surface area is 167 Å². The summed E-state index contributed by atoms with van der Waals surface area (Å²) in [6, 6.07) is -0.666. The molecule has 148 valence electrons. The summed E-state index contributed by atoms with van der Waals surface area (Å²) in [6.45, 7) is 10.5. The van der Waals surface area contributed by atoms with Gasteiger partial charge in [-0.05, 0) is 41.5 Å². The Morgan fingerprint density at radius 1 is 1.11 bits per heavy atom. The Balaban J connectivity index is 2.44. The highest BCUT2D eigenvalue weighted by Crippen LogP contribution is 2.37. The summed E-state index contributed by atoms with van der Waals surface area (Å²) in [5, 5.41) is 0. The van der Waals surface area contributed by atoms with Gasteiger partial charge in [-0.25, -0.2) is 19.5 Å². The molecular formula is C19H26BrN3O4.